The number of ether oxygens (including phenoxy) is 1. The number of aromatic amines is 1. The number of H-pyrrole nitrogens is 1. The molecule has 0 saturated carbocycles. The number of aliphatic hydroxyl groups is 1. The summed E-state index contributed by atoms with van der Waals surface area (Å²) in [6, 6.07) is 12.4. The molecular formula is C18H14N4O4S. The number of nitrogens with one attached hydrogen (secondary N) is 2. The van der Waals surface area contributed by atoms with Crippen LogP contribution in [0.1, 0.15) is 15.5 Å². The predicted octanol–water partition coefficient (Wildman–Crippen LogP) is 2.39. The maximum Gasteiger partial charge on any atom is 0.325 e. The number of carbonyl (C=O) groups excluding carboxylic acids is 2. The molecule has 1 amide bonds. The van der Waals surface area contributed by atoms with E-state index in [9.17, 15) is 20.0 Å². The minimum Gasteiger partial charge on any atom is -0.507 e. The molecular weight excluding hydrogens is 368 g/mol. The summed E-state index contributed by atoms with van der Waals surface area (Å²) in [7, 11) is 0. The summed E-state index contributed by atoms with van der Waals surface area (Å²) in [4.78, 5) is 31.1. The largest absolute Gasteiger partial charge is 0.507 e. The average molecular weight is 382 g/mol. The molecule has 0 unspecified atom stereocenters. The SMILES string of the molecule is N#C/C(=C(/O)COC(=O)CNC(=O)c1cccs1)c1nc2ccccc2[nH]1. The smallest absolute Gasteiger partial charge is 0.325 e. The number of carbonyl (C=O) groups is 2. The Hall–Kier alpha value is -3.64. The highest BCUT2D eigenvalue weighted by Crippen LogP contribution is 2.18. The molecule has 3 aromatic rings. The van der Waals surface area contributed by atoms with Crippen molar-refractivity contribution in [3.8, 4) is 6.07 Å². The highest BCUT2D eigenvalue weighted by molar-refractivity contribution is 7.12. The van der Waals surface area contributed by atoms with E-state index in [0.717, 1.165) is 0 Å². The lowest BCUT2D eigenvalue weighted by Gasteiger charge is -2.06. The van der Waals surface area contributed by atoms with Crippen molar-refractivity contribution in [2.75, 3.05) is 13.2 Å². The van der Waals surface area contributed by atoms with Crippen LogP contribution in [-0.4, -0.2) is 40.1 Å². The van der Waals surface area contributed by atoms with E-state index >= 15 is 0 Å². The molecule has 0 spiro atoms. The molecule has 3 N–H and O–H groups in total. The van der Waals surface area contributed by atoms with Gasteiger partial charge in [0.1, 0.15) is 24.8 Å². The lowest BCUT2D eigenvalue weighted by atomic mass is 10.2. The number of benzene rings is 1. The number of allylic oxidation sites excluding steroid dienone is 1. The fourth-order valence-corrected chi connectivity index (χ4v) is 2.88. The summed E-state index contributed by atoms with van der Waals surface area (Å²) < 4.78 is 4.90. The number of rotatable bonds is 6. The zero-order chi connectivity index (χ0) is 19.2. The number of hydrogen-bond acceptors (Lipinski definition) is 7. The van der Waals surface area contributed by atoms with Gasteiger partial charge in [-0.15, -0.1) is 11.3 Å². The fraction of sp³-hybridized carbons (Fsp3) is 0.111. The van der Waals surface area contributed by atoms with Crippen LogP contribution in [0.3, 0.4) is 0 Å². The molecule has 0 aliphatic heterocycles. The number of nitriles is 1. The molecule has 136 valence electrons. The van der Waals surface area contributed by atoms with Crippen molar-refractivity contribution in [3.05, 3.63) is 58.2 Å². The van der Waals surface area contributed by atoms with E-state index in [2.05, 4.69) is 15.3 Å². The number of esters is 1. The Morgan fingerprint density at radius 3 is 2.81 bits per heavy atom. The lowest BCUT2D eigenvalue weighted by molar-refractivity contribution is -0.142. The first kappa shape index (κ1) is 18.2. The average Bonchev–Trinajstić information content (AvgIpc) is 3.34. The van der Waals surface area contributed by atoms with Gasteiger partial charge in [0, 0.05) is 0 Å². The normalized spacial score (nSPS) is 11.5. The zero-order valence-corrected chi connectivity index (χ0v) is 14.7. The van der Waals surface area contributed by atoms with Gasteiger partial charge in [-0.1, -0.05) is 18.2 Å². The number of imidazole rings is 1. The van der Waals surface area contributed by atoms with Crippen LogP contribution in [0.2, 0.25) is 0 Å². The molecule has 0 aliphatic carbocycles. The molecule has 0 bridgehead atoms. The summed E-state index contributed by atoms with van der Waals surface area (Å²) in [6.45, 7) is -0.857. The van der Waals surface area contributed by atoms with Crippen molar-refractivity contribution in [1.82, 2.24) is 15.3 Å². The Morgan fingerprint density at radius 2 is 2.11 bits per heavy atom. The van der Waals surface area contributed by atoms with Crippen LogP contribution in [0, 0.1) is 11.3 Å². The predicted molar refractivity (Wildman–Crippen MR) is 98.9 cm³/mol. The van der Waals surface area contributed by atoms with Gasteiger partial charge < -0.3 is 20.1 Å². The molecule has 3 rings (SSSR count). The van der Waals surface area contributed by atoms with E-state index in [1.165, 1.54) is 11.3 Å². The van der Waals surface area contributed by atoms with Crippen LogP contribution < -0.4 is 5.32 Å². The summed E-state index contributed by atoms with van der Waals surface area (Å²) in [6.07, 6.45) is 0. The van der Waals surface area contributed by atoms with Crippen molar-refractivity contribution in [1.29, 1.82) is 5.26 Å². The molecule has 0 saturated heterocycles. The minimum absolute atomic E-state index is 0.123. The van der Waals surface area contributed by atoms with Gasteiger partial charge in [0.05, 0.1) is 15.9 Å². The topological polar surface area (TPSA) is 128 Å². The Balaban J connectivity index is 1.60. The van der Waals surface area contributed by atoms with Crippen LogP contribution in [0.5, 0.6) is 0 Å². The van der Waals surface area contributed by atoms with Crippen molar-refractivity contribution < 1.29 is 19.4 Å². The molecule has 0 radical (unpaired) electrons. The Kier molecular flexibility index (Phi) is 5.49. The van der Waals surface area contributed by atoms with Crippen LogP contribution >= 0.6 is 11.3 Å². The molecule has 27 heavy (non-hydrogen) atoms. The molecule has 9 heteroatoms. The number of fused-ring (bicyclic) bond motifs is 1. The maximum atomic E-state index is 11.8. The number of aromatic nitrogens is 2. The highest BCUT2D eigenvalue weighted by Gasteiger charge is 2.15. The highest BCUT2D eigenvalue weighted by atomic mass is 32.1. The van der Waals surface area contributed by atoms with E-state index in [4.69, 9.17) is 4.74 Å². The van der Waals surface area contributed by atoms with Crippen molar-refractivity contribution in [2.24, 2.45) is 0 Å². The van der Waals surface area contributed by atoms with E-state index < -0.39 is 18.3 Å². The fourth-order valence-electron chi connectivity index (χ4n) is 2.24. The third-order valence-corrected chi connectivity index (χ3v) is 4.40. The first-order valence-electron chi connectivity index (χ1n) is 7.83. The van der Waals surface area contributed by atoms with E-state index in [0.29, 0.717) is 15.9 Å². The quantitative estimate of drug-likeness (QED) is 0.341. The van der Waals surface area contributed by atoms with E-state index in [1.807, 2.05) is 12.1 Å². The van der Waals surface area contributed by atoms with E-state index in [-0.39, 0.29) is 23.8 Å². The minimum atomic E-state index is -0.742. The van der Waals surface area contributed by atoms with Gasteiger partial charge in [-0.2, -0.15) is 5.26 Å². The van der Waals surface area contributed by atoms with Gasteiger partial charge in [-0.05, 0) is 23.6 Å². The molecule has 2 aromatic heterocycles. The Morgan fingerprint density at radius 1 is 1.30 bits per heavy atom. The van der Waals surface area contributed by atoms with Crippen molar-refractivity contribution in [2.45, 2.75) is 0 Å². The van der Waals surface area contributed by atoms with Gasteiger partial charge in [0.25, 0.3) is 5.91 Å². The third kappa shape index (κ3) is 4.31. The van der Waals surface area contributed by atoms with Crippen molar-refractivity contribution >= 4 is 39.8 Å². The van der Waals surface area contributed by atoms with Gasteiger partial charge >= 0.3 is 5.97 Å². The zero-order valence-electron chi connectivity index (χ0n) is 13.9. The number of amides is 1. The standard InChI is InChI=1S/C18H14N4O4S/c19-8-11(17-21-12-4-1-2-5-13(12)22-17)14(23)10-26-16(24)9-20-18(25)15-6-3-7-27-15/h1-7,23H,9-10H2,(H,20,25)(H,21,22)/b14-11-. The summed E-state index contributed by atoms with van der Waals surface area (Å²) in [5.74, 6) is -1.39. The van der Waals surface area contributed by atoms with Crippen LogP contribution in [-0.2, 0) is 9.53 Å². The van der Waals surface area contributed by atoms with Crippen LogP contribution in [0.4, 0.5) is 0 Å². The first-order valence-corrected chi connectivity index (χ1v) is 8.71. The van der Waals surface area contributed by atoms with Crippen LogP contribution in [0.25, 0.3) is 16.6 Å². The molecule has 0 aliphatic rings. The molecule has 1 aromatic carbocycles. The monoisotopic (exact) mass is 382 g/mol. The Labute approximate surface area is 157 Å². The number of hydrogen-bond donors (Lipinski definition) is 3. The summed E-state index contributed by atoms with van der Waals surface area (Å²) >= 11 is 1.25. The number of para-hydroxylation sites is 2. The molecule has 8 nitrogen and oxygen atoms in total. The number of nitrogens with zero attached hydrogens (tertiary/aromatic N) is 2. The third-order valence-electron chi connectivity index (χ3n) is 3.53. The van der Waals surface area contributed by atoms with Gasteiger partial charge in [-0.3, -0.25) is 9.59 Å². The van der Waals surface area contributed by atoms with Gasteiger partial charge in [-0.25, -0.2) is 4.98 Å². The Bertz CT molecular complexity index is 1010. The first-order chi connectivity index (χ1) is 13.1. The molecule has 2 heterocycles. The van der Waals surface area contributed by atoms with Crippen LogP contribution in [0.15, 0.2) is 47.5 Å². The van der Waals surface area contributed by atoms with E-state index in [1.54, 1.807) is 35.7 Å². The maximum absolute atomic E-state index is 11.8. The second kappa shape index (κ2) is 8.16. The number of thiophene rings is 1. The number of aliphatic hydroxyl groups excluding tert-OH is 1. The lowest BCUT2D eigenvalue weighted by Crippen LogP contribution is -2.30. The molecule has 0 atom stereocenters. The van der Waals surface area contributed by atoms with Gasteiger partial charge in [0.2, 0.25) is 0 Å². The molecule has 0 fully saturated rings. The van der Waals surface area contributed by atoms with Crippen molar-refractivity contribution in [3.63, 3.8) is 0 Å². The summed E-state index contributed by atoms with van der Waals surface area (Å²) in [5, 5.41) is 23.6. The second-order valence-electron chi connectivity index (χ2n) is 5.36. The second-order valence-corrected chi connectivity index (χ2v) is 6.30. The van der Waals surface area contributed by atoms with Gasteiger partial charge in [0.15, 0.2) is 11.6 Å². The summed E-state index contributed by atoms with van der Waals surface area (Å²) in [5.41, 5.74) is 1.23.